The van der Waals surface area contributed by atoms with E-state index in [1.807, 2.05) is 0 Å². The number of rotatable bonds is 6. The fourth-order valence-electron chi connectivity index (χ4n) is 0.815. The molecule has 0 bridgehead atoms. The van der Waals surface area contributed by atoms with E-state index in [-0.39, 0.29) is 6.15 Å². The maximum atomic E-state index is 10.7. The van der Waals surface area contributed by atoms with Crippen LogP contribution in [0.3, 0.4) is 0 Å². The van der Waals surface area contributed by atoms with Crippen LogP contribution in [0.4, 0.5) is 0 Å². The summed E-state index contributed by atoms with van der Waals surface area (Å²) in [5.41, 5.74) is -3.01. The largest absolute Gasteiger partial charge is 0.547 e. The number of carboxylic acids is 2. The van der Waals surface area contributed by atoms with Gasteiger partial charge in [0.2, 0.25) is 0 Å². The number of carbonyl (C=O) groups excluding carboxylic acids is 2. The van der Waals surface area contributed by atoms with Gasteiger partial charge in [0.1, 0.15) is 10.5 Å². The van der Waals surface area contributed by atoms with Crippen LogP contribution in [0.1, 0.15) is 12.8 Å². The highest BCUT2D eigenvalue weighted by atomic mass is 17.0. The number of hydrogen-bond acceptors (Lipinski definition) is 8. The summed E-state index contributed by atoms with van der Waals surface area (Å²) < 4.78 is 0. The average Bonchev–Trinajstić information content (AvgIpc) is 1.98. The fraction of sp³-hybridized carbons (Fsp3) is 0.500. The molecule has 11 heteroatoms. The van der Waals surface area contributed by atoms with Crippen LogP contribution in [0.25, 0.3) is 0 Å². The topological polar surface area (TPSA) is 199 Å². The fourth-order valence-corrected chi connectivity index (χ4v) is 0.815. The van der Waals surface area contributed by atoms with Crippen molar-refractivity contribution in [3.63, 3.8) is 0 Å². The van der Waals surface area contributed by atoms with Gasteiger partial charge in [-0.15, -0.1) is 4.84 Å². The molecule has 0 rings (SSSR count). The van der Waals surface area contributed by atoms with Gasteiger partial charge in [0.25, 0.3) is 0 Å². The summed E-state index contributed by atoms with van der Waals surface area (Å²) in [7, 11) is 0. The van der Waals surface area contributed by atoms with Crippen LogP contribution in [0.2, 0.25) is 0 Å². The van der Waals surface area contributed by atoms with Crippen molar-refractivity contribution in [3.8, 4) is 0 Å². The van der Waals surface area contributed by atoms with Crippen molar-refractivity contribution in [3.05, 3.63) is 4.91 Å². The second-order valence-electron chi connectivity index (χ2n) is 2.77. The number of aliphatic hydroxyl groups is 1. The number of hydrogen-bond donors (Lipinski definition) is 4. The van der Waals surface area contributed by atoms with Crippen LogP contribution in [0, 0.1) is 4.91 Å². The lowest BCUT2D eigenvalue weighted by molar-refractivity contribution is -0.957. The van der Waals surface area contributed by atoms with Crippen LogP contribution >= 0.6 is 0 Å². The Morgan fingerprint density at radius 3 is 2.06 bits per heavy atom. The molecular weight excluding hydrogens is 244 g/mol. The van der Waals surface area contributed by atoms with E-state index in [0.717, 1.165) is 0 Å². The minimum atomic E-state index is -3.01. The maximum Gasteiger partial charge on any atom is 0.484 e. The van der Waals surface area contributed by atoms with Crippen molar-refractivity contribution in [2.75, 3.05) is 0 Å². The molecule has 1 unspecified atom stereocenters. The third kappa shape index (κ3) is 6.01. The highest BCUT2D eigenvalue weighted by Gasteiger charge is 2.37. The smallest absolute Gasteiger partial charge is 0.484 e. The Morgan fingerprint density at radius 1 is 1.29 bits per heavy atom. The van der Waals surface area contributed by atoms with Crippen molar-refractivity contribution in [1.29, 1.82) is 0 Å². The molecule has 0 aromatic carbocycles. The molecule has 0 spiro atoms. The number of aliphatic carboxylic acids is 2. The van der Waals surface area contributed by atoms with Crippen LogP contribution < -0.4 is 11.3 Å². The van der Waals surface area contributed by atoms with Crippen LogP contribution in [-0.4, -0.2) is 44.0 Å². The lowest BCUT2D eigenvalue weighted by Gasteiger charge is -2.24. The minimum absolute atomic E-state index is 0. The summed E-state index contributed by atoms with van der Waals surface area (Å²) in [5.74, 6) is -5.56. The average molecular weight is 254 g/mol. The van der Waals surface area contributed by atoms with Crippen molar-refractivity contribution in [2.45, 2.75) is 18.4 Å². The zero-order valence-electron chi connectivity index (χ0n) is 8.36. The molecule has 0 aliphatic rings. The molecule has 0 heterocycles. The Bertz CT molecular complexity index is 340. The summed E-state index contributed by atoms with van der Waals surface area (Å²) in [6.07, 6.45) is -2.68. The first-order chi connectivity index (χ1) is 7.17. The lowest BCUT2D eigenvalue weighted by Crippen LogP contribution is -2.51. The van der Waals surface area contributed by atoms with Gasteiger partial charge in [-0.25, -0.2) is 4.79 Å². The van der Waals surface area contributed by atoms with Gasteiger partial charge in [-0.1, -0.05) is 0 Å². The highest BCUT2D eigenvalue weighted by Crippen LogP contribution is 2.15. The molecule has 0 aromatic rings. The third-order valence-electron chi connectivity index (χ3n) is 1.44. The summed E-state index contributed by atoms with van der Waals surface area (Å²) in [5, 5.41) is 34.5. The van der Waals surface area contributed by atoms with Crippen molar-refractivity contribution < 1.29 is 44.8 Å². The SMILES string of the molecule is N.O=C(O)CC(O)(CC(=O)O[N+](=O)O)C(=O)[O-]. The predicted molar refractivity (Wildman–Crippen MR) is 43.4 cm³/mol. The Kier molecular flexibility index (Phi) is 6.39. The van der Waals surface area contributed by atoms with E-state index in [0.29, 0.717) is 0 Å². The molecule has 0 amide bonds. The molecule has 0 aliphatic heterocycles. The van der Waals surface area contributed by atoms with E-state index in [4.69, 9.17) is 10.3 Å². The molecule has 1 atom stereocenters. The van der Waals surface area contributed by atoms with E-state index in [1.165, 1.54) is 0 Å². The maximum absolute atomic E-state index is 10.7. The van der Waals surface area contributed by atoms with E-state index < -0.39 is 41.4 Å². The normalized spacial score (nSPS) is 12.8. The second kappa shape index (κ2) is 6.34. The van der Waals surface area contributed by atoms with Gasteiger partial charge in [0, 0.05) is 0 Å². The number of nitrogens with zero attached hydrogens (tertiary/aromatic N) is 1. The summed E-state index contributed by atoms with van der Waals surface area (Å²) in [4.78, 5) is 44.5. The van der Waals surface area contributed by atoms with Crippen LogP contribution in [0.5, 0.6) is 0 Å². The van der Waals surface area contributed by atoms with Gasteiger partial charge >= 0.3 is 17.0 Å². The highest BCUT2D eigenvalue weighted by molar-refractivity contribution is 5.87. The predicted octanol–water partition coefficient (Wildman–Crippen LogP) is -2.88. The van der Waals surface area contributed by atoms with E-state index in [1.54, 1.807) is 0 Å². The Balaban J connectivity index is 0. The molecule has 11 nitrogen and oxygen atoms in total. The van der Waals surface area contributed by atoms with E-state index in [9.17, 15) is 29.5 Å². The Morgan fingerprint density at radius 2 is 1.76 bits per heavy atom. The lowest BCUT2D eigenvalue weighted by atomic mass is 9.96. The van der Waals surface area contributed by atoms with Gasteiger partial charge in [0.05, 0.1) is 18.8 Å². The van der Waals surface area contributed by atoms with Gasteiger partial charge in [-0.05, 0) is 0 Å². The molecule has 0 aliphatic carbocycles. The molecule has 0 aromatic heterocycles. The first-order valence-electron chi connectivity index (χ1n) is 3.70. The van der Waals surface area contributed by atoms with Gasteiger partial charge in [-0.3, -0.25) is 4.79 Å². The van der Waals surface area contributed by atoms with Gasteiger partial charge in [0.15, 0.2) is 0 Å². The third-order valence-corrected chi connectivity index (χ3v) is 1.44. The van der Waals surface area contributed by atoms with Crippen molar-refractivity contribution in [2.24, 2.45) is 0 Å². The monoisotopic (exact) mass is 254 g/mol. The summed E-state index contributed by atoms with van der Waals surface area (Å²) >= 11 is 0. The van der Waals surface area contributed by atoms with E-state index in [2.05, 4.69) is 4.84 Å². The quantitative estimate of drug-likeness (QED) is 0.356. The first-order valence-corrected chi connectivity index (χ1v) is 3.70. The molecule has 98 valence electrons. The molecule has 0 fully saturated rings. The zero-order chi connectivity index (χ0) is 12.9. The number of carboxylic acid groups (broad SMARTS) is 2. The van der Waals surface area contributed by atoms with Crippen LogP contribution in [-0.2, 0) is 19.2 Å². The van der Waals surface area contributed by atoms with Crippen molar-refractivity contribution >= 4 is 17.9 Å². The van der Waals surface area contributed by atoms with Crippen molar-refractivity contribution in [1.82, 2.24) is 6.15 Å². The second-order valence-corrected chi connectivity index (χ2v) is 2.77. The molecular formula is C6H10N2O9. The Hall–Kier alpha value is -2.27. The molecule has 17 heavy (non-hydrogen) atoms. The standard InChI is InChI=1S/C6H7NO9.H3N/c8-3(9)1-6(13,5(11)12)2-4(10)16-7(14)15;/h13H,1-2H2,(H2-,8,9,11,12,14,15);1H3. The molecule has 6 N–H and O–H groups in total. The summed E-state index contributed by atoms with van der Waals surface area (Å²) in [6.45, 7) is 0. The van der Waals surface area contributed by atoms with Gasteiger partial charge < -0.3 is 26.3 Å². The number of carbonyl (C=O) groups is 3. The summed E-state index contributed by atoms with van der Waals surface area (Å²) in [6, 6.07) is 0. The molecule has 0 saturated carbocycles. The molecule has 0 saturated heterocycles. The zero-order valence-corrected chi connectivity index (χ0v) is 8.36. The Labute approximate surface area is 93.3 Å². The minimum Gasteiger partial charge on any atom is -0.547 e. The van der Waals surface area contributed by atoms with E-state index >= 15 is 0 Å². The first kappa shape index (κ1) is 17.1. The van der Waals surface area contributed by atoms with Crippen LogP contribution in [0.15, 0.2) is 0 Å². The van der Waals surface area contributed by atoms with Gasteiger partial charge in [-0.2, -0.15) is 5.21 Å². The molecule has 0 radical (unpaired) electrons.